The summed E-state index contributed by atoms with van der Waals surface area (Å²) in [5, 5.41) is 9.80. The zero-order valence-electron chi connectivity index (χ0n) is 71.7. The van der Waals surface area contributed by atoms with Crippen LogP contribution in [0.25, 0.3) is 0 Å². The van der Waals surface area contributed by atoms with Crippen LogP contribution in [0.4, 0.5) is 0 Å². The molecule has 0 aromatic heterocycles. The van der Waals surface area contributed by atoms with Crippen LogP contribution in [0.1, 0.15) is 515 Å². The number of aliphatic carboxylic acids is 1. The molecular weight excluding hydrogens is 1300 g/mol. The Morgan fingerprint density at radius 2 is 0.514 bits per heavy atom. The van der Waals surface area contributed by atoms with Crippen LogP contribution in [0.5, 0.6) is 0 Å². The lowest BCUT2D eigenvalue weighted by Gasteiger charge is -2.25. The maximum Gasteiger partial charge on any atom is 0.361 e. The SMILES string of the molecule is CCCCCCC/C=C\C/C=C\CCCCCCCCCCCCCCCCCCCCCCCCCCCCCCCC(=O)OC(COC(=O)CCCCCCCCCCCCCCCCCCCCCCCCCCCCCCCCCCCCCCCCC)COC(OCC[N+](C)(C)C)C(=O)O. The first-order valence-electron chi connectivity index (χ1n) is 47.5. The number of carbonyl (C=O) groups is 3. The minimum Gasteiger partial charge on any atom is -0.477 e. The van der Waals surface area contributed by atoms with Crippen LogP contribution in [-0.4, -0.2) is 87.4 Å². The molecule has 0 bridgehead atoms. The normalized spacial score (nSPS) is 12.6. The molecule has 0 aliphatic rings. The Hall–Kier alpha value is -2.23. The number of nitrogens with zero attached hydrogens (tertiary/aromatic N) is 1. The van der Waals surface area contributed by atoms with Crippen molar-refractivity contribution in [3.05, 3.63) is 24.3 Å². The third-order valence-corrected chi connectivity index (χ3v) is 22.2. The number of ether oxygens (including phenoxy) is 4. The highest BCUT2D eigenvalue weighted by Crippen LogP contribution is 2.22. The summed E-state index contributed by atoms with van der Waals surface area (Å²) in [7, 11) is 6.01. The summed E-state index contributed by atoms with van der Waals surface area (Å²) in [6, 6.07) is 0. The van der Waals surface area contributed by atoms with E-state index in [1.807, 2.05) is 21.1 Å². The fourth-order valence-corrected chi connectivity index (χ4v) is 15.0. The van der Waals surface area contributed by atoms with Gasteiger partial charge in [0.25, 0.3) is 6.29 Å². The number of likely N-dealkylation sites (N-methyl/N-ethyl adjacent to an activating group) is 1. The van der Waals surface area contributed by atoms with Gasteiger partial charge in [-0.15, -0.1) is 0 Å². The van der Waals surface area contributed by atoms with E-state index in [-0.39, 0.29) is 38.2 Å². The Bertz CT molecular complexity index is 1780. The number of carboxylic acids is 1. The standard InChI is InChI=1S/C96H185NO8/c1-6-8-10-12-14-16-18-20-22-24-26-28-30-32-34-36-38-40-42-44-46-47-49-51-53-55-57-59-61-63-65-67-69-71-73-75-77-79-81-83-85-87-94(99)105-92(91-104-96(95(100)101)102-89-88-97(3,4)5)90-103-93(98)86-84-82-80-78-76-74-72-70-68-66-64-62-60-58-56-54-52-50-48-45-43-41-39-37-35-33-31-29-27-25-23-21-19-17-15-13-11-9-7-2/h18,20,24,26,92,96H,6-17,19,21-23,25,27-91H2,1-5H3/p+1/b20-18-,26-24-. The van der Waals surface area contributed by atoms with Gasteiger partial charge in [-0.2, -0.15) is 0 Å². The molecule has 0 saturated carbocycles. The molecule has 1 N–H and O–H groups in total. The quantitative estimate of drug-likeness (QED) is 0.0211. The van der Waals surface area contributed by atoms with Gasteiger partial charge in [-0.3, -0.25) is 9.59 Å². The minimum atomic E-state index is -1.51. The predicted octanol–water partition coefficient (Wildman–Crippen LogP) is 31.2. The molecule has 9 nitrogen and oxygen atoms in total. The van der Waals surface area contributed by atoms with E-state index in [0.717, 1.165) is 44.9 Å². The van der Waals surface area contributed by atoms with Crippen molar-refractivity contribution in [2.75, 3.05) is 47.5 Å². The van der Waals surface area contributed by atoms with Crippen LogP contribution in [0.2, 0.25) is 0 Å². The summed E-state index contributed by atoms with van der Waals surface area (Å²) in [5.74, 6) is -1.96. The first-order valence-corrected chi connectivity index (χ1v) is 47.5. The van der Waals surface area contributed by atoms with Crippen molar-refractivity contribution in [1.82, 2.24) is 0 Å². The summed E-state index contributed by atoms with van der Waals surface area (Å²) < 4.78 is 23.1. The summed E-state index contributed by atoms with van der Waals surface area (Å²) in [6.07, 6.45) is 111. The van der Waals surface area contributed by atoms with Gasteiger partial charge in [-0.05, 0) is 44.9 Å². The van der Waals surface area contributed by atoms with E-state index < -0.39 is 18.4 Å². The van der Waals surface area contributed by atoms with Gasteiger partial charge < -0.3 is 28.5 Å². The number of allylic oxidation sites excluding steroid dienone is 4. The maximum absolute atomic E-state index is 13.0. The zero-order chi connectivity index (χ0) is 76.0. The van der Waals surface area contributed by atoms with E-state index in [4.69, 9.17) is 18.9 Å². The number of rotatable bonds is 91. The average molecular weight is 1480 g/mol. The summed E-state index contributed by atoms with van der Waals surface area (Å²) in [5.41, 5.74) is 0. The van der Waals surface area contributed by atoms with E-state index in [2.05, 4.69) is 38.2 Å². The van der Waals surface area contributed by atoms with Gasteiger partial charge in [-0.25, -0.2) is 4.79 Å². The lowest BCUT2D eigenvalue weighted by Crippen LogP contribution is -2.40. The Morgan fingerprint density at radius 1 is 0.286 bits per heavy atom. The van der Waals surface area contributed by atoms with Gasteiger partial charge in [0.2, 0.25) is 0 Å². The molecule has 9 heteroatoms. The van der Waals surface area contributed by atoms with Gasteiger partial charge in [0.1, 0.15) is 13.2 Å². The number of esters is 2. The van der Waals surface area contributed by atoms with Crippen molar-refractivity contribution in [2.24, 2.45) is 0 Å². The molecule has 0 aromatic rings. The molecule has 622 valence electrons. The highest BCUT2D eigenvalue weighted by atomic mass is 16.7. The molecule has 0 aliphatic heterocycles. The van der Waals surface area contributed by atoms with Crippen LogP contribution in [0.15, 0.2) is 24.3 Å². The lowest BCUT2D eigenvalue weighted by atomic mass is 10.0. The molecule has 0 saturated heterocycles. The monoisotopic (exact) mass is 1480 g/mol. The first kappa shape index (κ1) is 103. The largest absolute Gasteiger partial charge is 0.477 e. The molecule has 2 atom stereocenters. The molecule has 105 heavy (non-hydrogen) atoms. The number of carboxylic acid groups (broad SMARTS) is 1. The molecule has 0 heterocycles. The number of quaternary nitrogens is 1. The molecule has 0 amide bonds. The Labute approximate surface area is 656 Å². The Morgan fingerprint density at radius 3 is 0.752 bits per heavy atom. The van der Waals surface area contributed by atoms with Crippen molar-refractivity contribution in [3.63, 3.8) is 0 Å². The molecular formula is C96H186NO8+. The molecule has 0 aliphatic carbocycles. The third-order valence-electron chi connectivity index (χ3n) is 22.2. The number of hydrogen-bond acceptors (Lipinski definition) is 7. The molecule has 0 rings (SSSR count). The van der Waals surface area contributed by atoms with E-state index >= 15 is 0 Å². The highest BCUT2D eigenvalue weighted by Gasteiger charge is 2.25. The van der Waals surface area contributed by atoms with Crippen molar-refractivity contribution in [2.45, 2.75) is 527 Å². The fraction of sp³-hybridized carbons (Fsp3) is 0.927. The molecule has 0 spiro atoms. The average Bonchev–Trinajstić information content (AvgIpc) is 1.18. The second-order valence-corrected chi connectivity index (χ2v) is 34.0. The van der Waals surface area contributed by atoms with E-state index in [0.29, 0.717) is 17.4 Å². The molecule has 2 unspecified atom stereocenters. The highest BCUT2D eigenvalue weighted by molar-refractivity contribution is 5.71. The molecule has 0 radical (unpaired) electrons. The molecule has 0 fully saturated rings. The summed E-state index contributed by atoms with van der Waals surface area (Å²) in [4.78, 5) is 37.9. The van der Waals surface area contributed by atoms with E-state index in [1.165, 1.54) is 443 Å². The van der Waals surface area contributed by atoms with E-state index in [9.17, 15) is 19.5 Å². The number of carbonyl (C=O) groups excluding carboxylic acids is 2. The van der Waals surface area contributed by atoms with Gasteiger partial charge in [-0.1, -0.05) is 481 Å². The topological polar surface area (TPSA) is 108 Å². The van der Waals surface area contributed by atoms with Gasteiger partial charge in [0.05, 0.1) is 34.4 Å². The van der Waals surface area contributed by atoms with Crippen molar-refractivity contribution in [3.8, 4) is 0 Å². The van der Waals surface area contributed by atoms with Crippen molar-refractivity contribution >= 4 is 17.9 Å². The number of hydrogen-bond donors (Lipinski definition) is 1. The Balaban J connectivity index is 3.85. The van der Waals surface area contributed by atoms with Gasteiger partial charge >= 0.3 is 17.9 Å². The maximum atomic E-state index is 13.0. The van der Waals surface area contributed by atoms with Crippen LogP contribution in [0, 0.1) is 0 Å². The van der Waals surface area contributed by atoms with Crippen LogP contribution in [-0.2, 0) is 33.3 Å². The first-order chi connectivity index (χ1) is 51.6. The summed E-state index contributed by atoms with van der Waals surface area (Å²) >= 11 is 0. The lowest BCUT2D eigenvalue weighted by molar-refractivity contribution is -0.870. The van der Waals surface area contributed by atoms with Crippen LogP contribution < -0.4 is 0 Å². The smallest absolute Gasteiger partial charge is 0.361 e. The van der Waals surface area contributed by atoms with Crippen LogP contribution >= 0.6 is 0 Å². The Kier molecular flexibility index (Phi) is 85.5. The second-order valence-electron chi connectivity index (χ2n) is 34.0. The fourth-order valence-electron chi connectivity index (χ4n) is 15.0. The zero-order valence-corrected chi connectivity index (χ0v) is 71.7. The third kappa shape index (κ3) is 88.9. The second kappa shape index (κ2) is 87.4. The molecule has 0 aromatic carbocycles. The predicted molar refractivity (Wildman–Crippen MR) is 457 cm³/mol. The van der Waals surface area contributed by atoms with Crippen molar-refractivity contribution < 1.29 is 42.9 Å². The summed E-state index contributed by atoms with van der Waals surface area (Å²) in [6.45, 7) is 4.97. The van der Waals surface area contributed by atoms with Gasteiger partial charge in [0, 0.05) is 12.8 Å². The van der Waals surface area contributed by atoms with Crippen molar-refractivity contribution in [1.29, 1.82) is 0 Å². The minimum absolute atomic E-state index is 0.173. The van der Waals surface area contributed by atoms with Gasteiger partial charge in [0.15, 0.2) is 6.10 Å². The number of unbranched alkanes of at least 4 members (excludes halogenated alkanes) is 72. The van der Waals surface area contributed by atoms with Crippen LogP contribution in [0.3, 0.4) is 0 Å². The van der Waals surface area contributed by atoms with E-state index in [1.54, 1.807) is 0 Å².